The van der Waals surface area contributed by atoms with Gasteiger partial charge in [-0.15, -0.1) is 0 Å². The lowest BCUT2D eigenvalue weighted by molar-refractivity contribution is 0.0860. The summed E-state index contributed by atoms with van der Waals surface area (Å²) in [6.45, 7) is 2.90. The fourth-order valence-corrected chi connectivity index (χ4v) is 3.27. The van der Waals surface area contributed by atoms with Crippen molar-refractivity contribution < 1.29 is 17.9 Å². The van der Waals surface area contributed by atoms with Crippen molar-refractivity contribution in [1.29, 1.82) is 0 Å². The Morgan fingerprint density at radius 2 is 2.22 bits per heavy atom. The van der Waals surface area contributed by atoms with Crippen LogP contribution >= 0.6 is 0 Å². The number of hydrogen-bond acceptors (Lipinski definition) is 4. The Kier molecular flexibility index (Phi) is 5.97. The monoisotopic (exact) mass is 341 g/mol. The summed E-state index contributed by atoms with van der Waals surface area (Å²) in [4.78, 5) is 12.1. The van der Waals surface area contributed by atoms with E-state index in [9.17, 15) is 13.2 Å². The van der Waals surface area contributed by atoms with Crippen LogP contribution in [0.25, 0.3) is 0 Å². The van der Waals surface area contributed by atoms with Crippen LogP contribution in [-0.2, 0) is 21.3 Å². The number of hydrogen-bond donors (Lipinski definition) is 3. The Hall–Kier alpha value is -1.64. The molecule has 0 unspecified atom stereocenters. The third kappa shape index (κ3) is 4.92. The van der Waals surface area contributed by atoms with Gasteiger partial charge in [0.1, 0.15) is 0 Å². The zero-order valence-corrected chi connectivity index (χ0v) is 14.2. The van der Waals surface area contributed by atoms with E-state index >= 15 is 0 Å². The maximum atomic E-state index is 11.9. The average molecular weight is 341 g/mol. The molecule has 1 aliphatic rings. The van der Waals surface area contributed by atoms with Gasteiger partial charge in [0.05, 0.1) is 17.0 Å². The molecule has 7 nitrogen and oxygen atoms in total. The van der Waals surface area contributed by atoms with Crippen molar-refractivity contribution in [3.63, 3.8) is 0 Å². The van der Waals surface area contributed by atoms with Gasteiger partial charge >= 0.3 is 6.03 Å². The van der Waals surface area contributed by atoms with Crippen molar-refractivity contribution >= 4 is 16.1 Å². The number of urea groups is 1. The van der Waals surface area contributed by atoms with E-state index < -0.39 is 10.0 Å². The minimum absolute atomic E-state index is 0.0600. The van der Waals surface area contributed by atoms with E-state index in [1.54, 1.807) is 12.1 Å². The Morgan fingerprint density at radius 1 is 1.43 bits per heavy atom. The molecule has 2 amide bonds. The van der Waals surface area contributed by atoms with Crippen molar-refractivity contribution in [3.05, 3.63) is 29.8 Å². The van der Waals surface area contributed by atoms with Gasteiger partial charge in [0.15, 0.2) is 0 Å². The van der Waals surface area contributed by atoms with E-state index in [0.29, 0.717) is 5.56 Å². The van der Waals surface area contributed by atoms with Crippen LogP contribution in [0.15, 0.2) is 29.2 Å². The molecule has 0 aromatic heterocycles. The minimum Gasteiger partial charge on any atom is -0.376 e. The summed E-state index contributed by atoms with van der Waals surface area (Å²) < 4.78 is 31.3. The quantitative estimate of drug-likeness (QED) is 0.718. The summed E-state index contributed by atoms with van der Waals surface area (Å²) in [5.74, 6) is 0. The fourth-order valence-electron chi connectivity index (χ4n) is 2.47. The molecule has 128 valence electrons. The third-order valence-corrected chi connectivity index (χ3v) is 5.22. The summed E-state index contributed by atoms with van der Waals surface area (Å²) in [5.41, 5.74) is 0.709. The average Bonchev–Trinajstić information content (AvgIpc) is 3.08. The van der Waals surface area contributed by atoms with Gasteiger partial charge in [-0.2, -0.15) is 0 Å². The second-order valence-electron chi connectivity index (χ2n) is 5.52. The van der Waals surface area contributed by atoms with Crippen LogP contribution in [0.2, 0.25) is 0 Å². The molecule has 1 heterocycles. The second-order valence-corrected chi connectivity index (χ2v) is 7.41. The van der Waals surface area contributed by atoms with E-state index in [2.05, 4.69) is 15.4 Å². The molecule has 1 fully saturated rings. The molecule has 0 radical (unpaired) electrons. The molecule has 1 aromatic rings. The SMILES string of the molecule is CNS(=O)(=O)c1cccc(CNC(=O)N[C@@H](C)[C@H]2CCCO2)c1. The minimum atomic E-state index is -3.48. The molecule has 0 spiro atoms. The fraction of sp³-hybridized carbons (Fsp3) is 0.533. The van der Waals surface area contributed by atoms with Crippen LogP contribution in [0.5, 0.6) is 0 Å². The number of rotatable bonds is 6. The van der Waals surface area contributed by atoms with Gasteiger partial charge in [0.25, 0.3) is 0 Å². The smallest absolute Gasteiger partial charge is 0.315 e. The summed E-state index contributed by atoms with van der Waals surface area (Å²) in [5, 5.41) is 5.57. The van der Waals surface area contributed by atoms with Gasteiger partial charge in [-0.25, -0.2) is 17.9 Å². The first-order valence-electron chi connectivity index (χ1n) is 7.61. The van der Waals surface area contributed by atoms with E-state index in [1.807, 2.05) is 6.92 Å². The maximum absolute atomic E-state index is 11.9. The highest BCUT2D eigenvalue weighted by molar-refractivity contribution is 7.89. The number of carbonyl (C=O) groups is 1. The van der Waals surface area contributed by atoms with Crippen LogP contribution in [0.3, 0.4) is 0 Å². The molecule has 3 N–H and O–H groups in total. The summed E-state index contributed by atoms with van der Waals surface area (Å²) in [6.07, 6.45) is 2.03. The third-order valence-electron chi connectivity index (χ3n) is 3.81. The molecular weight excluding hydrogens is 318 g/mol. The number of carbonyl (C=O) groups excluding carboxylic acids is 1. The van der Waals surface area contributed by atoms with Crippen LogP contribution < -0.4 is 15.4 Å². The molecule has 2 rings (SSSR count). The van der Waals surface area contributed by atoms with Gasteiger partial charge in [-0.3, -0.25) is 0 Å². The summed E-state index contributed by atoms with van der Waals surface area (Å²) in [7, 11) is -2.12. The molecule has 23 heavy (non-hydrogen) atoms. The number of amides is 2. The maximum Gasteiger partial charge on any atom is 0.315 e. The first-order valence-corrected chi connectivity index (χ1v) is 9.09. The molecule has 8 heteroatoms. The molecule has 0 bridgehead atoms. The second kappa shape index (κ2) is 7.76. The van der Waals surface area contributed by atoms with E-state index in [-0.39, 0.29) is 29.6 Å². The highest BCUT2D eigenvalue weighted by Crippen LogP contribution is 2.15. The van der Waals surface area contributed by atoms with Gasteiger partial charge in [-0.05, 0) is 44.5 Å². The van der Waals surface area contributed by atoms with Crippen LogP contribution in [-0.4, -0.2) is 40.2 Å². The van der Waals surface area contributed by atoms with Crippen molar-refractivity contribution in [1.82, 2.24) is 15.4 Å². The Bertz CT molecular complexity index is 642. The molecule has 1 aromatic carbocycles. The molecule has 1 saturated heterocycles. The number of sulfonamides is 1. The predicted octanol–water partition coefficient (Wildman–Crippen LogP) is 0.961. The zero-order chi connectivity index (χ0) is 16.9. The van der Waals surface area contributed by atoms with Gasteiger partial charge < -0.3 is 15.4 Å². The largest absolute Gasteiger partial charge is 0.376 e. The van der Waals surface area contributed by atoms with Crippen LogP contribution in [0.4, 0.5) is 4.79 Å². The molecule has 0 saturated carbocycles. The summed E-state index contributed by atoms with van der Waals surface area (Å²) >= 11 is 0. The zero-order valence-electron chi connectivity index (χ0n) is 13.3. The molecule has 1 aliphatic heterocycles. The van der Waals surface area contributed by atoms with Gasteiger partial charge in [-0.1, -0.05) is 12.1 Å². The normalized spacial score (nSPS) is 19.3. The first kappa shape index (κ1) is 17.7. The van der Waals surface area contributed by atoms with E-state index in [1.165, 1.54) is 19.2 Å². The van der Waals surface area contributed by atoms with Crippen LogP contribution in [0.1, 0.15) is 25.3 Å². The Labute approximate surface area is 136 Å². The molecular formula is C15H23N3O4S. The summed E-state index contributed by atoms with van der Waals surface area (Å²) in [6, 6.07) is 6.10. The lowest BCUT2D eigenvalue weighted by atomic mass is 10.1. The van der Waals surface area contributed by atoms with Crippen molar-refractivity contribution in [2.75, 3.05) is 13.7 Å². The predicted molar refractivity (Wildman–Crippen MR) is 86.5 cm³/mol. The molecule has 2 atom stereocenters. The highest BCUT2D eigenvalue weighted by atomic mass is 32.2. The van der Waals surface area contributed by atoms with Crippen molar-refractivity contribution in [2.45, 2.75) is 43.4 Å². The van der Waals surface area contributed by atoms with E-state index in [0.717, 1.165) is 19.4 Å². The highest BCUT2D eigenvalue weighted by Gasteiger charge is 2.23. The number of ether oxygens (including phenoxy) is 1. The molecule has 0 aliphatic carbocycles. The lowest BCUT2D eigenvalue weighted by Crippen LogP contribution is -2.45. The van der Waals surface area contributed by atoms with Gasteiger partial charge in [0.2, 0.25) is 10.0 Å². The Morgan fingerprint density at radius 3 is 2.87 bits per heavy atom. The first-order chi connectivity index (χ1) is 10.9. The van der Waals surface area contributed by atoms with Crippen LogP contribution in [0, 0.1) is 0 Å². The topological polar surface area (TPSA) is 96.5 Å². The Balaban J connectivity index is 1.88. The number of benzene rings is 1. The van der Waals surface area contributed by atoms with Gasteiger partial charge in [0, 0.05) is 13.2 Å². The standard InChI is InChI=1S/C15H23N3O4S/c1-11(14-7-4-8-22-14)18-15(19)17-10-12-5-3-6-13(9-12)23(20,21)16-2/h3,5-6,9,11,14,16H,4,7-8,10H2,1-2H3,(H2,17,18,19)/t11-,14+/m0/s1. The van der Waals surface area contributed by atoms with Crippen molar-refractivity contribution in [2.24, 2.45) is 0 Å². The number of nitrogens with one attached hydrogen (secondary N) is 3. The lowest BCUT2D eigenvalue weighted by Gasteiger charge is -2.20. The van der Waals surface area contributed by atoms with E-state index in [4.69, 9.17) is 4.74 Å². The van der Waals surface area contributed by atoms with Crippen molar-refractivity contribution in [3.8, 4) is 0 Å².